The second-order valence-electron chi connectivity index (χ2n) is 7.37. The van der Waals surface area contributed by atoms with E-state index in [4.69, 9.17) is 5.26 Å². The summed E-state index contributed by atoms with van der Waals surface area (Å²) in [5, 5.41) is 18.9. The molecule has 2 atom stereocenters. The van der Waals surface area contributed by atoms with Crippen molar-refractivity contribution in [3.05, 3.63) is 35.5 Å². The maximum atomic E-state index is 12.5. The van der Waals surface area contributed by atoms with Crippen LogP contribution in [0.3, 0.4) is 0 Å². The number of sulfonamides is 1. The predicted molar refractivity (Wildman–Crippen MR) is 114 cm³/mol. The Morgan fingerprint density at radius 2 is 1.87 bits per heavy atom. The average Bonchev–Trinajstić information content (AvgIpc) is 2.74. The molecule has 0 aliphatic carbocycles. The lowest BCUT2D eigenvalue weighted by molar-refractivity contribution is -0.130. The second kappa shape index (κ2) is 10.9. The van der Waals surface area contributed by atoms with Crippen molar-refractivity contribution >= 4 is 27.5 Å². The molecule has 166 valence electrons. The van der Waals surface area contributed by atoms with Gasteiger partial charge in [0, 0.05) is 6.54 Å². The van der Waals surface area contributed by atoms with E-state index in [1.54, 1.807) is 0 Å². The number of nitriles is 1. The molecule has 0 radical (unpaired) electrons. The van der Waals surface area contributed by atoms with Gasteiger partial charge in [-0.3, -0.25) is 14.9 Å². The number of rotatable bonds is 10. The Morgan fingerprint density at radius 3 is 2.45 bits per heavy atom. The number of benzene rings is 1. The highest BCUT2D eigenvalue weighted by molar-refractivity contribution is 7.89. The zero-order chi connectivity index (χ0) is 23.0. The van der Waals surface area contributed by atoms with E-state index in [2.05, 4.69) is 27.2 Å². The van der Waals surface area contributed by atoms with Crippen molar-refractivity contribution in [2.45, 2.75) is 51.3 Å². The summed E-state index contributed by atoms with van der Waals surface area (Å²) in [7, 11) is -3.65. The lowest BCUT2D eigenvalue weighted by Gasteiger charge is -2.17. The van der Waals surface area contributed by atoms with Crippen LogP contribution in [0.4, 0.5) is 5.69 Å². The molecule has 31 heavy (non-hydrogen) atoms. The minimum absolute atomic E-state index is 0.109. The summed E-state index contributed by atoms with van der Waals surface area (Å²) in [6.45, 7) is 6.02. The van der Waals surface area contributed by atoms with Crippen molar-refractivity contribution in [1.29, 1.82) is 5.26 Å². The standard InChI is InChI=1S/C21H27N5O4S/c1-4-6-7-15(5-2)13-23-31(29,30)17-10-8-16(9-11-17)25-26-19-14(3)18(12-22)20(27)24-21(19)28/h8-11,15,18,23H,4-7,13H2,1-3H3,(H,24,27,28). The fourth-order valence-electron chi connectivity index (χ4n) is 3.09. The molecule has 0 fully saturated rings. The highest BCUT2D eigenvalue weighted by atomic mass is 32.2. The predicted octanol–water partition coefficient (Wildman–Crippen LogP) is 3.34. The van der Waals surface area contributed by atoms with Gasteiger partial charge in [0.05, 0.1) is 16.7 Å². The van der Waals surface area contributed by atoms with Gasteiger partial charge in [0.2, 0.25) is 15.9 Å². The molecular formula is C21H27N5O4S. The molecule has 1 aliphatic rings. The molecule has 1 aliphatic heterocycles. The second-order valence-corrected chi connectivity index (χ2v) is 9.14. The quantitative estimate of drug-likeness (QED) is 0.420. The van der Waals surface area contributed by atoms with Gasteiger partial charge in [0.15, 0.2) is 5.70 Å². The number of azo groups is 1. The smallest absolute Gasteiger partial charge is 0.278 e. The van der Waals surface area contributed by atoms with E-state index in [0.29, 0.717) is 18.2 Å². The maximum Gasteiger partial charge on any atom is 0.278 e. The fourth-order valence-corrected chi connectivity index (χ4v) is 4.21. The van der Waals surface area contributed by atoms with E-state index in [9.17, 15) is 18.0 Å². The first-order valence-electron chi connectivity index (χ1n) is 10.2. The van der Waals surface area contributed by atoms with Gasteiger partial charge in [0.25, 0.3) is 5.91 Å². The van der Waals surface area contributed by atoms with Crippen LogP contribution in [0.2, 0.25) is 0 Å². The Balaban J connectivity index is 2.11. The van der Waals surface area contributed by atoms with Crippen LogP contribution >= 0.6 is 0 Å². The Labute approximate surface area is 182 Å². The van der Waals surface area contributed by atoms with Crippen LogP contribution in [-0.4, -0.2) is 26.8 Å². The van der Waals surface area contributed by atoms with Gasteiger partial charge in [-0.1, -0.05) is 33.1 Å². The number of unbranched alkanes of at least 4 members (excludes halogenated alkanes) is 1. The number of hydrogen-bond donors (Lipinski definition) is 2. The minimum Gasteiger partial charge on any atom is -0.289 e. The number of nitrogens with one attached hydrogen (secondary N) is 2. The molecule has 1 heterocycles. The lowest BCUT2D eigenvalue weighted by atomic mass is 9.96. The van der Waals surface area contributed by atoms with Crippen LogP contribution in [0.15, 0.2) is 50.7 Å². The van der Waals surface area contributed by atoms with E-state index in [0.717, 1.165) is 25.7 Å². The molecule has 0 bridgehead atoms. The Kier molecular flexibility index (Phi) is 8.59. The van der Waals surface area contributed by atoms with Gasteiger partial charge < -0.3 is 0 Å². The molecule has 0 saturated heterocycles. The van der Waals surface area contributed by atoms with E-state index in [1.165, 1.54) is 31.2 Å². The average molecular weight is 446 g/mol. The molecule has 0 spiro atoms. The zero-order valence-corrected chi connectivity index (χ0v) is 18.7. The summed E-state index contributed by atoms with van der Waals surface area (Å²) in [6, 6.07) is 7.57. The molecule has 2 N–H and O–H groups in total. The molecule has 0 aromatic heterocycles. The highest BCUT2D eigenvalue weighted by Gasteiger charge is 2.32. The number of imide groups is 1. The Bertz CT molecular complexity index is 1020. The van der Waals surface area contributed by atoms with Crippen molar-refractivity contribution in [2.24, 2.45) is 22.1 Å². The van der Waals surface area contributed by atoms with Crippen molar-refractivity contribution < 1.29 is 18.0 Å². The first-order chi connectivity index (χ1) is 14.7. The Hall–Kier alpha value is -2.90. The zero-order valence-electron chi connectivity index (χ0n) is 17.9. The van der Waals surface area contributed by atoms with Gasteiger partial charge in [0.1, 0.15) is 5.92 Å². The van der Waals surface area contributed by atoms with Crippen molar-refractivity contribution in [2.75, 3.05) is 6.54 Å². The highest BCUT2D eigenvalue weighted by Crippen LogP contribution is 2.24. The molecule has 0 saturated carbocycles. The molecule has 2 rings (SSSR count). The van der Waals surface area contributed by atoms with Crippen LogP contribution in [-0.2, 0) is 19.6 Å². The van der Waals surface area contributed by atoms with Crippen LogP contribution < -0.4 is 10.0 Å². The SMILES string of the molecule is CCCCC(CC)CNS(=O)(=O)c1ccc(N=NC2=C(C)C(C#N)C(=O)NC2=O)cc1. The Morgan fingerprint density at radius 1 is 1.19 bits per heavy atom. The first kappa shape index (κ1) is 24.4. The number of nitrogens with zero attached hydrogens (tertiary/aromatic N) is 3. The van der Waals surface area contributed by atoms with Gasteiger partial charge in [-0.15, -0.1) is 5.11 Å². The summed E-state index contributed by atoms with van der Waals surface area (Å²) < 4.78 is 27.7. The topological polar surface area (TPSA) is 141 Å². The maximum absolute atomic E-state index is 12.5. The van der Waals surface area contributed by atoms with Crippen LogP contribution in [0.1, 0.15) is 46.5 Å². The summed E-state index contributed by atoms with van der Waals surface area (Å²) in [5.74, 6) is -2.22. The van der Waals surface area contributed by atoms with Crippen LogP contribution in [0.5, 0.6) is 0 Å². The van der Waals surface area contributed by atoms with Crippen molar-refractivity contribution in [1.82, 2.24) is 10.0 Å². The van der Waals surface area contributed by atoms with E-state index in [1.807, 2.05) is 13.0 Å². The number of carbonyl (C=O) groups is 2. The minimum atomic E-state index is -3.65. The van der Waals surface area contributed by atoms with E-state index >= 15 is 0 Å². The fraction of sp³-hybridized carbons (Fsp3) is 0.476. The normalized spacial score (nSPS) is 18.2. The number of amides is 2. The number of hydrogen-bond acceptors (Lipinski definition) is 7. The van der Waals surface area contributed by atoms with E-state index < -0.39 is 27.8 Å². The summed E-state index contributed by atoms with van der Waals surface area (Å²) in [6.07, 6.45) is 4.03. The van der Waals surface area contributed by atoms with Crippen molar-refractivity contribution in [3.8, 4) is 6.07 Å². The summed E-state index contributed by atoms with van der Waals surface area (Å²) >= 11 is 0. The summed E-state index contributed by atoms with van der Waals surface area (Å²) in [4.78, 5) is 23.7. The number of carbonyl (C=O) groups excluding carboxylic acids is 2. The van der Waals surface area contributed by atoms with Gasteiger partial charge in [-0.05, 0) is 49.1 Å². The van der Waals surface area contributed by atoms with Crippen molar-refractivity contribution in [3.63, 3.8) is 0 Å². The largest absolute Gasteiger partial charge is 0.289 e. The van der Waals surface area contributed by atoms with Gasteiger partial charge in [-0.25, -0.2) is 13.1 Å². The lowest BCUT2D eigenvalue weighted by Crippen LogP contribution is -2.41. The van der Waals surface area contributed by atoms with E-state index in [-0.39, 0.29) is 16.2 Å². The molecular weight excluding hydrogens is 418 g/mol. The molecule has 1 aromatic rings. The first-order valence-corrected chi connectivity index (χ1v) is 11.7. The molecule has 2 amide bonds. The summed E-state index contributed by atoms with van der Waals surface area (Å²) in [5.41, 5.74) is 0.436. The van der Waals surface area contributed by atoms with Crippen LogP contribution in [0, 0.1) is 23.2 Å². The van der Waals surface area contributed by atoms with Crippen LogP contribution in [0.25, 0.3) is 0 Å². The molecule has 2 unspecified atom stereocenters. The molecule has 9 nitrogen and oxygen atoms in total. The monoisotopic (exact) mass is 445 g/mol. The molecule has 10 heteroatoms. The third kappa shape index (κ3) is 6.29. The third-order valence-electron chi connectivity index (χ3n) is 5.17. The van der Waals surface area contributed by atoms with Gasteiger partial charge >= 0.3 is 0 Å². The third-order valence-corrected chi connectivity index (χ3v) is 6.61. The van der Waals surface area contributed by atoms with Gasteiger partial charge in [-0.2, -0.15) is 10.4 Å². The molecule has 1 aromatic carbocycles.